The van der Waals surface area contributed by atoms with Gasteiger partial charge in [0.05, 0.1) is 45.6 Å². The van der Waals surface area contributed by atoms with E-state index in [9.17, 15) is 0 Å². The first kappa shape index (κ1) is 43.5. The van der Waals surface area contributed by atoms with E-state index in [0.29, 0.717) is 0 Å². The van der Waals surface area contributed by atoms with E-state index in [4.69, 9.17) is 9.97 Å². The standard InChI is InChI=1S/C61H46N6S2/c1-40-52(38-48(68-40)28-22-42-18-24-44(25-19-42)46-34-58(54-14-3-7-30-62-54)66-59(35-46)55-15-4-8-31-63-55)50-12-11-13-51(50)53-39-49(69-41(53)2)29-23-43-20-26-45(27-21-43)47-36-60(56-16-5-9-32-64-56)67-61(37-47)57-17-6-10-33-65-57/h3-10,14-39H,11-13H2,1-2H3/b28-22-,29-23+. The van der Waals surface area contributed by atoms with E-state index in [2.05, 4.69) is 143 Å². The number of benzene rings is 2. The van der Waals surface area contributed by atoms with Gasteiger partial charge in [-0.25, -0.2) is 9.97 Å². The molecule has 11 rings (SSSR count). The van der Waals surface area contributed by atoms with Crippen LogP contribution in [-0.2, 0) is 0 Å². The molecule has 1 aliphatic carbocycles. The van der Waals surface area contributed by atoms with Crippen LogP contribution in [0.3, 0.4) is 0 Å². The minimum absolute atomic E-state index is 0.821. The second kappa shape index (κ2) is 19.7. The molecule has 2 aromatic carbocycles. The third-order valence-electron chi connectivity index (χ3n) is 12.5. The maximum Gasteiger partial charge on any atom is 0.0900 e. The zero-order valence-corrected chi connectivity index (χ0v) is 39.9. The van der Waals surface area contributed by atoms with Gasteiger partial charge in [-0.15, -0.1) is 22.7 Å². The molecule has 1 aliphatic rings. The van der Waals surface area contributed by atoms with E-state index < -0.39 is 0 Å². The van der Waals surface area contributed by atoms with Crippen LogP contribution in [0.25, 0.3) is 103 Å². The Morgan fingerprint density at radius 3 is 1.03 bits per heavy atom. The fraction of sp³-hybridized carbons (Fsp3) is 0.0820. The second-order valence-electron chi connectivity index (χ2n) is 17.1. The molecule has 0 spiro atoms. The Kier molecular flexibility index (Phi) is 12.4. The molecule has 0 N–H and O–H groups in total. The van der Waals surface area contributed by atoms with Gasteiger partial charge in [-0.2, -0.15) is 0 Å². The zero-order chi connectivity index (χ0) is 46.5. The number of rotatable bonds is 12. The number of nitrogens with zero attached hydrogens (tertiary/aromatic N) is 6. The maximum absolute atomic E-state index is 4.94. The first-order valence-corrected chi connectivity index (χ1v) is 24.8. The highest BCUT2D eigenvalue weighted by atomic mass is 32.1. The first-order chi connectivity index (χ1) is 34.0. The van der Waals surface area contributed by atoms with Crippen LogP contribution < -0.4 is 0 Å². The molecule has 0 bridgehead atoms. The lowest BCUT2D eigenvalue weighted by Gasteiger charge is -2.09. The Morgan fingerprint density at radius 1 is 0.362 bits per heavy atom. The smallest absolute Gasteiger partial charge is 0.0900 e. The van der Waals surface area contributed by atoms with Crippen LogP contribution in [-0.4, -0.2) is 29.9 Å². The van der Waals surface area contributed by atoms with Crippen LogP contribution >= 0.6 is 22.7 Å². The highest BCUT2D eigenvalue weighted by Gasteiger charge is 2.23. The minimum Gasteiger partial charge on any atom is -0.255 e. The Morgan fingerprint density at radius 2 is 0.710 bits per heavy atom. The Labute approximate surface area is 410 Å². The van der Waals surface area contributed by atoms with Crippen molar-refractivity contribution in [2.24, 2.45) is 0 Å². The van der Waals surface area contributed by atoms with E-state index in [0.717, 1.165) is 91.8 Å². The summed E-state index contributed by atoms with van der Waals surface area (Å²) in [5.74, 6) is 0. The summed E-state index contributed by atoms with van der Waals surface area (Å²) in [5.41, 5.74) is 19.1. The molecule has 0 saturated carbocycles. The molecule has 0 atom stereocenters. The number of aryl methyl sites for hydroxylation is 2. The van der Waals surface area contributed by atoms with Gasteiger partial charge in [-0.3, -0.25) is 19.9 Å². The van der Waals surface area contributed by atoms with Crippen molar-refractivity contribution in [1.82, 2.24) is 29.9 Å². The number of hydrogen-bond donors (Lipinski definition) is 0. The lowest BCUT2D eigenvalue weighted by Crippen LogP contribution is -1.93. The fourth-order valence-corrected chi connectivity index (χ4v) is 10.9. The molecular formula is C61H46N6S2. The Bertz CT molecular complexity index is 3150. The average Bonchev–Trinajstić information content (AvgIpc) is 4.16. The van der Waals surface area contributed by atoms with Crippen LogP contribution in [0.5, 0.6) is 0 Å². The van der Waals surface area contributed by atoms with Gasteiger partial charge in [0.25, 0.3) is 0 Å². The molecule has 8 heterocycles. The topological polar surface area (TPSA) is 77.3 Å². The molecule has 0 saturated heterocycles. The summed E-state index contributed by atoms with van der Waals surface area (Å²) in [4.78, 5) is 33.5. The average molecular weight is 927 g/mol. The van der Waals surface area contributed by atoms with E-state index in [1.54, 1.807) is 24.8 Å². The van der Waals surface area contributed by atoms with Gasteiger partial charge in [0, 0.05) is 44.3 Å². The summed E-state index contributed by atoms with van der Waals surface area (Å²) in [6.07, 6.45) is 19.6. The van der Waals surface area contributed by atoms with Crippen molar-refractivity contribution >= 4 is 58.1 Å². The molecule has 0 aliphatic heterocycles. The molecule has 69 heavy (non-hydrogen) atoms. The highest BCUT2D eigenvalue weighted by molar-refractivity contribution is 7.13. The zero-order valence-electron chi connectivity index (χ0n) is 38.3. The normalized spacial score (nSPS) is 12.7. The third-order valence-corrected chi connectivity index (χ3v) is 14.5. The molecule has 8 aromatic heterocycles. The first-order valence-electron chi connectivity index (χ1n) is 23.2. The van der Waals surface area contributed by atoms with E-state index in [1.807, 2.05) is 95.5 Å². The fourth-order valence-electron chi connectivity index (χ4n) is 9.02. The van der Waals surface area contributed by atoms with Crippen LogP contribution in [0.4, 0.5) is 0 Å². The van der Waals surface area contributed by atoms with Gasteiger partial charge in [0.1, 0.15) is 0 Å². The summed E-state index contributed by atoms with van der Waals surface area (Å²) < 4.78 is 0. The number of aromatic nitrogens is 6. The van der Waals surface area contributed by atoms with Crippen molar-refractivity contribution in [2.75, 3.05) is 0 Å². The quantitative estimate of drug-likeness (QED) is 0.121. The van der Waals surface area contributed by atoms with Gasteiger partial charge in [0.15, 0.2) is 0 Å². The van der Waals surface area contributed by atoms with Gasteiger partial charge in [-0.1, -0.05) is 84.9 Å². The lowest BCUT2D eigenvalue weighted by atomic mass is 9.97. The van der Waals surface area contributed by atoms with Crippen LogP contribution in [0.15, 0.2) is 183 Å². The van der Waals surface area contributed by atoms with Crippen LogP contribution in [0.1, 0.15) is 61.0 Å². The molecular weight excluding hydrogens is 881 g/mol. The van der Waals surface area contributed by atoms with Gasteiger partial charge >= 0.3 is 0 Å². The summed E-state index contributed by atoms with van der Waals surface area (Å²) in [5, 5.41) is 0. The number of thiophene rings is 2. The number of hydrogen-bond acceptors (Lipinski definition) is 8. The van der Waals surface area contributed by atoms with Crippen molar-refractivity contribution in [1.29, 1.82) is 0 Å². The molecule has 0 unspecified atom stereocenters. The third kappa shape index (κ3) is 9.72. The van der Waals surface area contributed by atoms with Crippen molar-refractivity contribution in [3.63, 3.8) is 0 Å². The van der Waals surface area contributed by atoms with Gasteiger partial charge in [0.2, 0.25) is 0 Å². The molecule has 332 valence electrons. The van der Waals surface area contributed by atoms with Crippen LogP contribution in [0, 0.1) is 13.8 Å². The van der Waals surface area contributed by atoms with E-state index >= 15 is 0 Å². The van der Waals surface area contributed by atoms with Gasteiger partial charge < -0.3 is 0 Å². The van der Waals surface area contributed by atoms with E-state index in [1.165, 1.54) is 48.2 Å². The highest BCUT2D eigenvalue weighted by Crippen LogP contribution is 2.45. The van der Waals surface area contributed by atoms with Crippen molar-refractivity contribution in [3.8, 4) is 67.8 Å². The molecule has 0 radical (unpaired) electrons. The number of allylic oxidation sites excluding steroid dienone is 2. The van der Waals surface area contributed by atoms with Crippen molar-refractivity contribution in [2.45, 2.75) is 33.1 Å². The Balaban J connectivity index is 0.797. The van der Waals surface area contributed by atoms with Crippen molar-refractivity contribution in [3.05, 3.63) is 224 Å². The monoisotopic (exact) mass is 926 g/mol. The minimum atomic E-state index is 0.821. The van der Waals surface area contributed by atoms with Crippen molar-refractivity contribution < 1.29 is 0 Å². The summed E-state index contributed by atoms with van der Waals surface area (Å²) in [6, 6.07) is 54.4. The van der Waals surface area contributed by atoms with Gasteiger partial charge in [-0.05, 0) is 186 Å². The molecule has 0 fully saturated rings. The molecule has 8 heteroatoms. The predicted molar refractivity (Wildman–Crippen MR) is 289 cm³/mol. The second-order valence-corrected chi connectivity index (χ2v) is 19.6. The lowest BCUT2D eigenvalue weighted by molar-refractivity contribution is 0.941. The molecule has 6 nitrogen and oxygen atoms in total. The van der Waals surface area contributed by atoms with E-state index in [-0.39, 0.29) is 0 Å². The summed E-state index contributed by atoms with van der Waals surface area (Å²) in [7, 11) is 0. The number of pyridine rings is 6. The largest absolute Gasteiger partial charge is 0.255 e. The Hall–Kier alpha value is -8.04. The summed E-state index contributed by atoms with van der Waals surface area (Å²) in [6.45, 7) is 4.55. The predicted octanol–water partition coefficient (Wildman–Crippen LogP) is 16.2. The SMILES string of the molecule is Cc1sc(/C=C\c2ccc(-c3cc(-c4ccccn4)nc(-c4ccccn4)c3)cc2)cc1C1=C(c2cc(/C=C/c3ccc(-c4cc(-c5ccccn5)nc(-c5ccccn5)c4)cc3)sc2C)CCC1. The molecule has 10 aromatic rings. The molecule has 0 amide bonds. The maximum atomic E-state index is 4.94. The summed E-state index contributed by atoms with van der Waals surface area (Å²) >= 11 is 3.75. The van der Waals surface area contributed by atoms with Crippen LogP contribution in [0.2, 0.25) is 0 Å².